The Kier molecular flexibility index (Phi) is 5.43. The van der Waals surface area contributed by atoms with Crippen LogP contribution in [0.15, 0.2) is 0 Å². The lowest BCUT2D eigenvalue weighted by Gasteiger charge is -2.36. The van der Waals surface area contributed by atoms with Crippen LogP contribution in [-0.4, -0.2) is 62.3 Å². The van der Waals surface area contributed by atoms with Gasteiger partial charge in [-0.15, -0.1) is 0 Å². The van der Waals surface area contributed by atoms with E-state index in [0.29, 0.717) is 0 Å². The van der Waals surface area contributed by atoms with Gasteiger partial charge in [0.1, 0.15) is 0 Å². The molecule has 1 unspecified atom stereocenters. The summed E-state index contributed by atoms with van der Waals surface area (Å²) in [5.41, 5.74) is 0. The average molecular weight is 251 g/mol. The number of hydrogen-bond acceptors (Lipinski definition) is 4. The molecule has 0 aromatic carbocycles. The first-order valence-corrected chi connectivity index (χ1v) is 7.18. The molecule has 2 heterocycles. The van der Waals surface area contributed by atoms with Gasteiger partial charge in [0, 0.05) is 32.8 Å². The van der Waals surface area contributed by atoms with Crippen molar-refractivity contribution in [1.82, 2.24) is 9.80 Å². The normalized spacial score (nSPS) is 27.4. The molecule has 0 amide bonds. The largest absolute Gasteiger partial charge is 0.385 e. The molecule has 2 aliphatic rings. The van der Waals surface area contributed by atoms with Gasteiger partial charge >= 0.3 is 0 Å². The smallest absolute Gasteiger partial charge is 0.0669 e. The standard InChI is InChI=1S/C14H25N3O/c1-18-10-2-6-16-7-4-14(5-8-16)17-9-3-13(11-15)12-17/h13-14H,2-10,12H2,1H3. The number of likely N-dealkylation sites (tertiary alicyclic amines) is 2. The third-order valence-electron chi connectivity index (χ3n) is 4.30. The van der Waals surface area contributed by atoms with Crippen LogP contribution < -0.4 is 0 Å². The summed E-state index contributed by atoms with van der Waals surface area (Å²) in [4.78, 5) is 5.09. The fourth-order valence-corrected chi connectivity index (χ4v) is 3.16. The van der Waals surface area contributed by atoms with Crippen LogP contribution in [0.5, 0.6) is 0 Å². The van der Waals surface area contributed by atoms with Crippen molar-refractivity contribution in [2.24, 2.45) is 5.92 Å². The molecule has 0 saturated carbocycles. The number of hydrogen-bond donors (Lipinski definition) is 0. The molecule has 4 heteroatoms. The third-order valence-corrected chi connectivity index (χ3v) is 4.30. The van der Waals surface area contributed by atoms with Crippen LogP contribution in [0, 0.1) is 17.2 Å². The van der Waals surface area contributed by atoms with Crippen molar-refractivity contribution in [3.05, 3.63) is 0 Å². The van der Waals surface area contributed by atoms with Crippen LogP contribution >= 0.6 is 0 Å². The zero-order valence-electron chi connectivity index (χ0n) is 11.5. The summed E-state index contributed by atoms with van der Waals surface area (Å²) in [6.45, 7) is 6.60. The van der Waals surface area contributed by atoms with E-state index in [1.807, 2.05) is 0 Å². The quantitative estimate of drug-likeness (QED) is 0.691. The summed E-state index contributed by atoms with van der Waals surface area (Å²) in [6.07, 6.45) is 4.75. The van der Waals surface area contributed by atoms with E-state index in [9.17, 15) is 0 Å². The minimum Gasteiger partial charge on any atom is -0.385 e. The minimum atomic E-state index is 0.282. The average Bonchev–Trinajstić information content (AvgIpc) is 2.89. The molecule has 4 nitrogen and oxygen atoms in total. The molecule has 0 bridgehead atoms. The zero-order chi connectivity index (χ0) is 12.8. The van der Waals surface area contributed by atoms with E-state index >= 15 is 0 Å². The molecule has 0 aromatic heterocycles. The SMILES string of the molecule is COCCCN1CCC(N2CCC(C#N)C2)CC1. The molecule has 2 fully saturated rings. The molecule has 0 spiro atoms. The number of nitrogens with zero attached hydrogens (tertiary/aromatic N) is 3. The first-order chi connectivity index (χ1) is 8.83. The highest BCUT2D eigenvalue weighted by Crippen LogP contribution is 2.23. The van der Waals surface area contributed by atoms with Gasteiger partial charge < -0.3 is 9.64 Å². The lowest BCUT2D eigenvalue weighted by molar-refractivity contribution is 0.113. The first kappa shape index (κ1) is 13.8. The number of methoxy groups -OCH3 is 1. The molecular weight excluding hydrogens is 226 g/mol. The summed E-state index contributed by atoms with van der Waals surface area (Å²) < 4.78 is 5.09. The zero-order valence-corrected chi connectivity index (χ0v) is 11.5. The van der Waals surface area contributed by atoms with Crippen LogP contribution in [-0.2, 0) is 4.74 Å². The van der Waals surface area contributed by atoms with E-state index in [1.165, 1.54) is 32.5 Å². The molecule has 18 heavy (non-hydrogen) atoms. The maximum absolute atomic E-state index is 8.95. The maximum atomic E-state index is 8.95. The van der Waals surface area contributed by atoms with Crippen molar-refractivity contribution in [2.75, 3.05) is 46.4 Å². The van der Waals surface area contributed by atoms with Gasteiger partial charge in [0.2, 0.25) is 0 Å². The van der Waals surface area contributed by atoms with Crippen molar-refractivity contribution in [2.45, 2.75) is 31.7 Å². The van der Waals surface area contributed by atoms with Gasteiger partial charge in [0.15, 0.2) is 0 Å². The van der Waals surface area contributed by atoms with Crippen molar-refractivity contribution >= 4 is 0 Å². The van der Waals surface area contributed by atoms with Gasteiger partial charge in [-0.05, 0) is 45.3 Å². The fourth-order valence-electron chi connectivity index (χ4n) is 3.16. The predicted molar refractivity (Wildman–Crippen MR) is 71.2 cm³/mol. The Morgan fingerprint density at radius 3 is 2.61 bits per heavy atom. The Morgan fingerprint density at radius 2 is 2.00 bits per heavy atom. The first-order valence-electron chi connectivity index (χ1n) is 7.18. The van der Waals surface area contributed by atoms with Gasteiger partial charge in [-0.3, -0.25) is 4.90 Å². The Balaban J connectivity index is 1.66. The van der Waals surface area contributed by atoms with Crippen LogP contribution in [0.2, 0.25) is 0 Å². The molecular formula is C14H25N3O. The van der Waals surface area contributed by atoms with E-state index in [0.717, 1.165) is 38.6 Å². The van der Waals surface area contributed by atoms with Crippen molar-refractivity contribution < 1.29 is 4.74 Å². The van der Waals surface area contributed by atoms with Gasteiger partial charge in [-0.1, -0.05) is 0 Å². The van der Waals surface area contributed by atoms with Crippen molar-refractivity contribution in [1.29, 1.82) is 5.26 Å². The number of nitriles is 1. The highest BCUT2D eigenvalue weighted by Gasteiger charge is 2.30. The molecule has 102 valence electrons. The van der Waals surface area contributed by atoms with E-state index < -0.39 is 0 Å². The summed E-state index contributed by atoms with van der Waals surface area (Å²) in [5, 5.41) is 8.95. The molecule has 0 aromatic rings. The number of rotatable bonds is 5. The lowest BCUT2D eigenvalue weighted by atomic mass is 10.0. The highest BCUT2D eigenvalue weighted by molar-refractivity contribution is 4.93. The molecule has 0 N–H and O–H groups in total. The Morgan fingerprint density at radius 1 is 1.22 bits per heavy atom. The second-order valence-electron chi connectivity index (χ2n) is 5.53. The molecule has 2 rings (SSSR count). The van der Waals surface area contributed by atoms with Gasteiger partial charge in [-0.2, -0.15) is 5.26 Å². The van der Waals surface area contributed by atoms with Crippen LogP contribution in [0.25, 0.3) is 0 Å². The Labute approximate surface area is 110 Å². The van der Waals surface area contributed by atoms with Crippen LogP contribution in [0.1, 0.15) is 25.7 Å². The summed E-state index contributed by atoms with van der Waals surface area (Å²) in [6, 6.07) is 3.13. The maximum Gasteiger partial charge on any atom is 0.0669 e. The fraction of sp³-hybridized carbons (Fsp3) is 0.929. The van der Waals surface area contributed by atoms with Crippen LogP contribution in [0.4, 0.5) is 0 Å². The molecule has 1 atom stereocenters. The minimum absolute atomic E-state index is 0.282. The summed E-state index contributed by atoms with van der Waals surface area (Å²) in [7, 11) is 1.77. The van der Waals surface area contributed by atoms with Gasteiger partial charge in [-0.25, -0.2) is 0 Å². The number of piperidine rings is 1. The third kappa shape index (κ3) is 3.68. The van der Waals surface area contributed by atoms with E-state index in [1.54, 1.807) is 7.11 Å². The topological polar surface area (TPSA) is 39.5 Å². The predicted octanol–water partition coefficient (Wildman–Crippen LogP) is 1.33. The molecule has 2 aliphatic heterocycles. The second kappa shape index (κ2) is 7.08. The van der Waals surface area contributed by atoms with Gasteiger partial charge in [0.25, 0.3) is 0 Å². The Bertz CT molecular complexity index is 281. The van der Waals surface area contributed by atoms with Crippen LogP contribution in [0.3, 0.4) is 0 Å². The van der Waals surface area contributed by atoms with E-state index in [-0.39, 0.29) is 5.92 Å². The summed E-state index contributed by atoms with van der Waals surface area (Å²) in [5.74, 6) is 0.282. The Hall–Kier alpha value is -0.630. The van der Waals surface area contributed by atoms with E-state index in [4.69, 9.17) is 10.00 Å². The monoisotopic (exact) mass is 251 g/mol. The second-order valence-corrected chi connectivity index (χ2v) is 5.53. The molecule has 0 radical (unpaired) electrons. The van der Waals surface area contributed by atoms with E-state index in [2.05, 4.69) is 15.9 Å². The van der Waals surface area contributed by atoms with Crippen molar-refractivity contribution in [3.63, 3.8) is 0 Å². The molecule has 2 saturated heterocycles. The lowest BCUT2D eigenvalue weighted by Crippen LogP contribution is -2.44. The van der Waals surface area contributed by atoms with Crippen molar-refractivity contribution in [3.8, 4) is 6.07 Å². The number of ether oxygens (including phenoxy) is 1. The molecule has 0 aliphatic carbocycles. The van der Waals surface area contributed by atoms with Gasteiger partial charge in [0.05, 0.1) is 12.0 Å². The summed E-state index contributed by atoms with van der Waals surface area (Å²) >= 11 is 0. The highest BCUT2D eigenvalue weighted by atomic mass is 16.5.